The van der Waals surface area contributed by atoms with Crippen molar-refractivity contribution in [3.63, 3.8) is 0 Å². The quantitative estimate of drug-likeness (QED) is 0.111. The van der Waals surface area contributed by atoms with Crippen LogP contribution >= 0.6 is 27.4 Å². The van der Waals surface area contributed by atoms with Crippen LogP contribution in [-0.2, 0) is 32.6 Å². The van der Waals surface area contributed by atoms with E-state index in [9.17, 15) is 29.4 Å². The molecule has 10 aliphatic rings. The molecule has 2 aromatic heterocycles. The van der Waals surface area contributed by atoms with Gasteiger partial charge in [-0.1, -0.05) is 135 Å². The summed E-state index contributed by atoms with van der Waals surface area (Å²) in [4.78, 5) is 58.5. The Morgan fingerprint density at radius 2 is 1.14 bits per heavy atom. The zero-order chi connectivity index (χ0) is 63.2. The monoisotopic (exact) mass is 1320 g/mol. The molecular weight excluding hydrogens is 1210 g/mol. The topological polar surface area (TPSA) is 236 Å². The fourth-order valence-electron chi connectivity index (χ4n) is 14.7. The first-order valence-electron chi connectivity index (χ1n) is 34.1. The van der Waals surface area contributed by atoms with Crippen LogP contribution in [0.15, 0.2) is 34.1 Å². The molecule has 2 amide bonds. The van der Waals surface area contributed by atoms with Crippen molar-refractivity contribution in [2.24, 2.45) is 11.8 Å². The van der Waals surface area contributed by atoms with Crippen molar-refractivity contribution in [2.75, 3.05) is 49.9 Å². The van der Waals surface area contributed by atoms with Gasteiger partial charge in [-0.2, -0.15) is 9.97 Å². The van der Waals surface area contributed by atoms with Crippen LogP contribution in [0, 0.1) is 11.8 Å². The summed E-state index contributed by atoms with van der Waals surface area (Å²) >= 11 is 6.30. The first-order valence-corrected chi connectivity index (χ1v) is 37.4. The molecule has 9 heterocycles. The van der Waals surface area contributed by atoms with E-state index < -0.39 is 46.1 Å². The second kappa shape index (κ2) is 36.0. The van der Waals surface area contributed by atoms with Gasteiger partial charge in [-0.15, -0.1) is 0 Å². The molecule has 0 bridgehead atoms. The second-order valence-corrected chi connectivity index (χ2v) is 29.9. The Balaban J connectivity index is 0.000000196. The number of hydrogen-bond acceptors (Lipinski definition) is 17. The third kappa shape index (κ3) is 19.1. The van der Waals surface area contributed by atoms with Crippen molar-refractivity contribution in [3.8, 4) is 0 Å². The predicted molar refractivity (Wildman–Crippen MR) is 361 cm³/mol. The molecule has 7 aliphatic heterocycles. The molecule has 11 atom stereocenters. The Hall–Kier alpha value is -2.59. The average molecular weight is 1320 g/mol. The Morgan fingerprint density at radius 3 is 1.59 bits per heavy atom. The molecular formula is C66H117ClN10O11P2. The van der Waals surface area contributed by atoms with E-state index in [1.807, 2.05) is 6.92 Å². The highest BCUT2D eigenvalue weighted by molar-refractivity contribution is 7.78. The molecule has 90 heavy (non-hydrogen) atoms. The number of nitrogens with zero attached hydrogens (tertiary/aromatic N) is 7. The summed E-state index contributed by atoms with van der Waals surface area (Å²) in [7, 11) is -1.89. The molecule has 10 fully saturated rings. The van der Waals surface area contributed by atoms with Crippen molar-refractivity contribution in [1.29, 1.82) is 0 Å². The smallest absolute Gasteiger partial charge is 0.351 e. The number of aliphatic hydroxyl groups is 2. The van der Waals surface area contributed by atoms with E-state index >= 15 is 0 Å². The highest BCUT2D eigenvalue weighted by Gasteiger charge is 2.58. The van der Waals surface area contributed by atoms with Gasteiger partial charge in [0.25, 0.3) is 8.53 Å². The number of carbonyl (C=O) groups excluding carboxylic acids is 2. The van der Waals surface area contributed by atoms with Crippen molar-refractivity contribution in [1.82, 2.24) is 38.7 Å². The van der Waals surface area contributed by atoms with Crippen LogP contribution in [0.2, 0.25) is 0 Å². The van der Waals surface area contributed by atoms with Crippen molar-refractivity contribution >= 4 is 50.9 Å². The van der Waals surface area contributed by atoms with Gasteiger partial charge in [-0.25, -0.2) is 18.9 Å². The third-order valence-corrected chi connectivity index (χ3v) is 24.1. The molecule has 2 aromatic rings. The maximum absolute atomic E-state index is 12.7. The van der Waals surface area contributed by atoms with Gasteiger partial charge >= 0.3 is 11.4 Å². The van der Waals surface area contributed by atoms with Crippen LogP contribution in [0.5, 0.6) is 0 Å². The van der Waals surface area contributed by atoms with Gasteiger partial charge in [0.05, 0.1) is 41.2 Å². The molecule has 2 spiro atoms. The van der Waals surface area contributed by atoms with Crippen LogP contribution in [-0.4, -0.2) is 154 Å². The lowest BCUT2D eigenvalue weighted by molar-refractivity contribution is -0.119. The van der Waals surface area contributed by atoms with E-state index in [4.69, 9.17) is 34.3 Å². The summed E-state index contributed by atoms with van der Waals surface area (Å²) < 4.78 is 39.2. The highest BCUT2D eigenvalue weighted by Crippen LogP contribution is 2.66. The number of ether oxygens (including phenoxy) is 2. The number of carbonyl (C=O) groups is 2. The van der Waals surface area contributed by atoms with Crippen LogP contribution in [0.1, 0.15) is 250 Å². The number of amides is 2. The molecule has 0 radical (unpaired) electrons. The standard InChI is InChI=1S/C24H37N4O5P.C14H21N3O4.C10H17ClNOP.C10H19NO.C6H15N.2CH4/c1-4-17-18(32-34-28-13-8-9-19(28)24(33-34)11-6-5-7-12-24)15-21(31-17)27-14-10-20(26-23(27)30)25-22(29)16(2)3;1-4-10-9(18)7-12(21-10)17-6-5-11(16-14(17)20)15-13(19)8(2)3;11-14-12-8-4-5-9(12)10(13-14)6-2-1-3-7-10;12-10(6-2-1-3-7-10)9-5-4-8-11-9;1-4-7(5-2)6-3;;/h10,14,16-19,21H,4-9,11-13,15H2,1-3H3,(H,25,26,29,30);5-6,8-10,12,18H,4,7H2,1-3H3,(H,15,16,19,20);9H,1-8H2;9,11-12H,1-8H2;4-6H2,1-3H3;2*1H4/t17-,18?,19+,21-,34?;9?,10-,12-;9-,14?;9-;;;/m1100.../s1. The van der Waals surface area contributed by atoms with Crippen molar-refractivity contribution in [3.05, 3.63) is 45.5 Å². The molecule has 7 saturated heterocycles. The lowest BCUT2D eigenvalue weighted by Gasteiger charge is -2.37. The summed E-state index contributed by atoms with van der Waals surface area (Å²) in [6.07, 6.45) is 29.4. The van der Waals surface area contributed by atoms with Gasteiger partial charge < -0.3 is 54.1 Å². The maximum atomic E-state index is 12.7. The average Bonchev–Trinajstić information content (AvgIpc) is 1.63. The van der Waals surface area contributed by atoms with E-state index in [1.54, 1.807) is 46.0 Å². The van der Waals surface area contributed by atoms with Crippen molar-refractivity contribution < 1.29 is 42.8 Å². The van der Waals surface area contributed by atoms with Gasteiger partial charge in [0.1, 0.15) is 24.1 Å². The molecule has 3 aliphatic carbocycles. The Labute approximate surface area is 546 Å². The number of nitrogens with one attached hydrogen (secondary N) is 3. The molecule has 4 unspecified atom stereocenters. The van der Waals surface area contributed by atoms with Gasteiger partial charge in [0, 0.05) is 68.3 Å². The summed E-state index contributed by atoms with van der Waals surface area (Å²) in [6.45, 7) is 24.5. The van der Waals surface area contributed by atoms with Crippen LogP contribution < -0.4 is 27.3 Å². The van der Waals surface area contributed by atoms with Gasteiger partial charge in [0.15, 0.2) is 0 Å². The minimum atomic E-state index is -1.11. The summed E-state index contributed by atoms with van der Waals surface area (Å²) in [5.74, 6) is -0.255. The van der Waals surface area contributed by atoms with E-state index in [2.05, 4.69) is 67.9 Å². The highest BCUT2D eigenvalue weighted by atomic mass is 35.7. The molecule has 5 N–H and O–H groups in total. The van der Waals surface area contributed by atoms with Crippen LogP contribution in [0.3, 0.4) is 0 Å². The number of halogens is 1. The summed E-state index contributed by atoms with van der Waals surface area (Å²) in [6, 6.07) is 4.74. The number of aliphatic hydroxyl groups excluding tert-OH is 1. The third-order valence-electron chi connectivity index (χ3n) is 20.0. The molecule has 24 heteroatoms. The molecule has 3 saturated carbocycles. The number of rotatable bonds is 14. The molecule has 21 nitrogen and oxygen atoms in total. The van der Waals surface area contributed by atoms with E-state index in [1.165, 1.54) is 151 Å². The lowest BCUT2D eigenvalue weighted by Crippen LogP contribution is -2.48. The summed E-state index contributed by atoms with van der Waals surface area (Å²) in [5.41, 5.74) is -1.16. The minimum absolute atomic E-state index is 0. The first kappa shape index (κ1) is 76.4. The fourth-order valence-corrected chi connectivity index (χ4v) is 19.4. The van der Waals surface area contributed by atoms with E-state index in [0.717, 1.165) is 45.2 Å². The Morgan fingerprint density at radius 1 is 0.678 bits per heavy atom. The number of fused-ring (bicyclic) bond motifs is 4. The lowest BCUT2D eigenvalue weighted by atomic mass is 9.79. The van der Waals surface area contributed by atoms with Crippen LogP contribution in [0.25, 0.3) is 0 Å². The predicted octanol–water partition coefficient (Wildman–Crippen LogP) is 12.9. The molecule has 12 rings (SSSR count). The van der Waals surface area contributed by atoms with Crippen molar-refractivity contribution in [2.45, 2.75) is 309 Å². The maximum Gasteiger partial charge on any atom is 0.351 e. The minimum Gasteiger partial charge on any atom is -0.390 e. The SMILES string of the molecule is C.C.CCN(CC)CC.CC[C@H]1O[C@@H](n2ccc(NC(=O)C(C)C)nc2=O)CC1O.CC[C@H]1O[C@@H](n2ccc(NC(=O)C(C)C)nc2=O)CC1OP1OC2(CCCCC2)[C@@H]2CCCN21.ClP1OC2(CCCCC2)[C@@H]2CCCN21.OC1([C@@H]2CCCN2)CCCCC1. The van der Waals surface area contributed by atoms with E-state index in [0.29, 0.717) is 37.4 Å². The van der Waals surface area contributed by atoms with Gasteiger partial charge in [-0.05, 0) is 139 Å². The zero-order valence-electron chi connectivity index (χ0n) is 54.6. The largest absolute Gasteiger partial charge is 0.390 e. The van der Waals surface area contributed by atoms with E-state index in [-0.39, 0.29) is 85.3 Å². The normalized spacial score (nSPS) is 30.4. The summed E-state index contributed by atoms with van der Waals surface area (Å²) in [5, 5.41) is 28.8. The second-order valence-electron chi connectivity index (χ2n) is 26.5. The molecule has 0 aromatic carbocycles. The number of hydrogen-bond donors (Lipinski definition) is 5. The fraction of sp³-hybridized carbons (Fsp3) is 0.848. The zero-order valence-corrected chi connectivity index (χ0v) is 57.1. The van der Waals surface area contributed by atoms with Gasteiger partial charge in [-0.3, -0.25) is 18.7 Å². The van der Waals surface area contributed by atoms with Crippen LogP contribution in [0.4, 0.5) is 11.6 Å². The Kier molecular flexibility index (Phi) is 30.5. The Bertz CT molecular complexity index is 2610. The van der Waals surface area contributed by atoms with Gasteiger partial charge in [0.2, 0.25) is 19.5 Å². The number of aromatic nitrogens is 4. The first-order chi connectivity index (χ1) is 42.3. The number of anilines is 2. The molecule has 514 valence electrons.